The molecule has 1 aliphatic carbocycles. The van der Waals surface area contributed by atoms with Crippen LogP contribution in [0.2, 0.25) is 0 Å². The van der Waals surface area contributed by atoms with Gasteiger partial charge >= 0.3 is 0 Å². The van der Waals surface area contributed by atoms with Gasteiger partial charge in [0, 0.05) is 13.1 Å². The van der Waals surface area contributed by atoms with E-state index in [1.54, 1.807) is 0 Å². The molecule has 0 aromatic heterocycles. The molecule has 4 heteroatoms. The van der Waals surface area contributed by atoms with E-state index in [1.165, 1.54) is 25.7 Å². The van der Waals surface area contributed by atoms with Crippen molar-refractivity contribution in [1.82, 2.24) is 5.32 Å². The Kier molecular flexibility index (Phi) is 5.22. The van der Waals surface area contributed by atoms with Crippen LogP contribution in [0, 0.1) is 5.41 Å². The Morgan fingerprint density at radius 2 is 2.06 bits per heavy atom. The lowest BCUT2D eigenvalue weighted by atomic mass is 9.93. The summed E-state index contributed by atoms with van der Waals surface area (Å²) in [7, 11) is 0. The molecule has 0 aliphatic heterocycles. The molecule has 0 aromatic carbocycles. The Morgan fingerprint density at radius 1 is 1.44 bits per heavy atom. The van der Waals surface area contributed by atoms with Gasteiger partial charge < -0.3 is 15.8 Å². The van der Waals surface area contributed by atoms with Crippen LogP contribution in [0.4, 0.5) is 0 Å². The quantitative estimate of drug-likeness (QED) is 0.668. The first-order valence-corrected chi connectivity index (χ1v) is 6.16. The number of carbonyl (C=O) groups is 1. The van der Waals surface area contributed by atoms with Crippen molar-refractivity contribution in [3.8, 4) is 0 Å². The molecule has 1 saturated carbocycles. The predicted molar refractivity (Wildman–Crippen MR) is 64.1 cm³/mol. The summed E-state index contributed by atoms with van der Waals surface area (Å²) in [5.41, 5.74) is 5.04. The first-order chi connectivity index (χ1) is 7.56. The second-order valence-corrected chi connectivity index (χ2v) is 5.12. The van der Waals surface area contributed by atoms with Crippen LogP contribution in [0.1, 0.15) is 39.5 Å². The SMILES string of the molecule is CC(C)(CN)C(=O)NCCOC1CCCC1. The van der Waals surface area contributed by atoms with Crippen LogP contribution < -0.4 is 11.1 Å². The minimum absolute atomic E-state index is 0.00465. The highest BCUT2D eigenvalue weighted by molar-refractivity contribution is 5.81. The molecule has 16 heavy (non-hydrogen) atoms. The topological polar surface area (TPSA) is 64.4 Å². The third-order valence-electron chi connectivity index (χ3n) is 3.17. The number of amides is 1. The number of carbonyl (C=O) groups excluding carboxylic acids is 1. The van der Waals surface area contributed by atoms with E-state index in [-0.39, 0.29) is 5.91 Å². The summed E-state index contributed by atoms with van der Waals surface area (Å²) in [4.78, 5) is 11.6. The Labute approximate surface area is 97.9 Å². The molecule has 3 N–H and O–H groups in total. The number of rotatable bonds is 6. The molecule has 0 bridgehead atoms. The van der Waals surface area contributed by atoms with Crippen molar-refractivity contribution in [3.63, 3.8) is 0 Å². The van der Waals surface area contributed by atoms with E-state index in [2.05, 4.69) is 5.32 Å². The van der Waals surface area contributed by atoms with Gasteiger partial charge in [-0.3, -0.25) is 4.79 Å². The van der Waals surface area contributed by atoms with Gasteiger partial charge in [0.05, 0.1) is 18.1 Å². The first-order valence-electron chi connectivity index (χ1n) is 6.16. The van der Waals surface area contributed by atoms with Gasteiger partial charge in [0.1, 0.15) is 0 Å². The summed E-state index contributed by atoms with van der Waals surface area (Å²) in [6, 6.07) is 0. The maximum absolute atomic E-state index is 11.6. The smallest absolute Gasteiger partial charge is 0.227 e. The summed E-state index contributed by atoms with van der Waals surface area (Å²) in [6.07, 6.45) is 5.30. The minimum atomic E-state index is -0.479. The molecule has 4 nitrogen and oxygen atoms in total. The van der Waals surface area contributed by atoms with E-state index in [4.69, 9.17) is 10.5 Å². The zero-order chi connectivity index (χ0) is 12.0. The van der Waals surface area contributed by atoms with Crippen molar-refractivity contribution in [3.05, 3.63) is 0 Å². The molecule has 0 aromatic rings. The van der Waals surface area contributed by atoms with Crippen LogP contribution >= 0.6 is 0 Å². The standard InChI is InChI=1S/C12H24N2O2/c1-12(2,9-13)11(15)14-7-8-16-10-5-3-4-6-10/h10H,3-9,13H2,1-2H3,(H,14,15). The van der Waals surface area contributed by atoms with E-state index in [0.29, 0.717) is 25.8 Å². The molecular weight excluding hydrogens is 204 g/mol. The predicted octanol–water partition coefficient (Wildman–Crippen LogP) is 1.05. The minimum Gasteiger partial charge on any atom is -0.376 e. The van der Waals surface area contributed by atoms with Gasteiger partial charge in [-0.1, -0.05) is 12.8 Å². The van der Waals surface area contributed by atoms with Gasteiger partial charge in [-0.25, -0.2) is 0 Å². The van der Waals surface area contributed by atoms with Gasteiger partial charge in [0.15, 0.2) is 0 Å². The Morgan fingerprint density at radius 3 is 2.62 bits per heavy atom. The number of ether oxygens (including phenoxy) is 1. The van der Waals surface area contributed by atoms with Gasteiger partial charge in [-0.05, 0) is 26.7 Å². The fraction of sp³-hybridized carbons (Fsp3) is 0.917. The molecule has 0 saturated heterocycles. The molecule has 0 unspecified atom stereocenters. The first kappa shape index (κ1) is 13.5. The maximum Gasteiger partial charge on any atom is 0.227 e. The van der Waals surface area contributed by atoms with Crippen molar-refractivity contribution >= 4 is 5.91 Å². The molecule has 1 aliphatic rings. The van der Waals surface area contributed by atoms with Crippen LogP contribution in [0.3, 0.4) is 0 Å². The van der Waals surface area contributed by atoms with Crippen LogP contribution in [0.5, 0.6) is 0 Å². The lowest BCUT2D eigenvalue weighted by molar-refractivity contribution is -0.129. The number of nitrogens with two attached hydrogens (primary N) is 1. The van der Waals surface area contributed by atoms with Crippen molar-refractivity contribution in [1.29, 1.82) is 0 Å². The van der Waals surface area contributed by atoms with Crippen molar-refractivity contribution in [2.75, 3.05) is 19.7 Å². The highest BCUT2D eigenvalue weighted by Crippen LogP contribution is 2.20. The number of nitrogens with one attached hydrogen (secondary N) is 1. The van der Waals surface area contributed by atoms with Gasteiger partial charge in [-0.15, -0.1) is 0 Å². The molecule has 94 valence electrons. The van der Waals surface area contributed by atoms with Gasteiger partial charge in [0.25, 0.3) is 0 Å². The van der Waals surface area contributed by atoms with Gasteiger partial charge in [-0.2, -0.15) is 0 Å². The molecule has 0 radical (unpaired) electrons. The molecule has 0 spiro atoms. The van der Waals surface area contributed by atoms with E-state index >= 15 is 0 Å². The number of hydrogen-bond acceptors (Lipinski definition) is 3. The fourth-order valence-electron chi connectivity index (χ4n) is 1.78. The Bertz CT molecular complexity index is 223. The zero-order valence-electron chi connectivity index (χ0n) is 10.4. The van der Waals surface area contributed by atoms with Crippen molar-refractivity contribution < 1.29 is 9.53 Å². The van der Waals surface area contributed by atoms with Gasteiger partial charge in [0.2, 0.25) is 5.91 Å². The molecule has 1 amide bonds. The van der Waals surface area contributed by atoms with Crippen molar-refractivity contribution in [2.24, 2.45) is 11.1 Å². The second kappa shape index (κ2) is 6.21. The second-order valence-electron chi connectivity index (χ2n) is 5.12. The van der Waals surface area contributed by atoms with Crippen LogP contribution in [0.15, 0.2) is 0 Å². The molecule has 1 rings (SSSR count). The zero-order valence-corrected chi connectivity index (χ0v) is 10.4. The lowest BCUT2D eigenvalue weighted by Gasteiger charge is -2.21. The summed E-state index contributed by atoms with van der Waals surface area (Å²) < 4.78 is 5.65. The van der Waals surface area contributed by atoms with Crippen LogP contribution in [-0.2, 0) is 9.53 Å². The highest BCUT2D eigenvalue weighted by Gasteiger charge is 2.25. The highest BCUT2D eigenvalue weighted by atomic mass is 16.5. The molecular formula is C12H24N2O2. The van der Waals surface area contributed by atoms with Crippen LogP contribution in [-0.4, -0.2) is 31.7 Å². The third-order valence-corrected chi connectivity index (χ3v) is 3.17. The lowest BCUT2D eigenvalue weighted by Crippen LogP contribution is -2.43. The third kappa shape index (κ3) is 4.10. The largest absolute Gasteiger partial charge is 0.376 e. The Hall–Kier alpha value is -0.610. The summed E-state index contributed by atoms with van der Waals surface area (Å²) >= 11 is 0. The Balaban J connectivity index is 2.08. The summed E-state index contributed by atoms with van der Waals surface area (Å²) in [6.45, 7) is 5.25. The molecule has 1 fully saturated rings. The van der Waals surface area contributed by atoms with Crippen LogP contribution in [0.25, 0.3) is 0 Å². The maximum atomic E-state index is 11.6. The van der Waals surface area contributed by atoms with Crippen molar-refractivity contribution in [2.45, 2.75) is 45.6 Å². The van der Waals surface area contributed by atoms with E-state index in [0.717, 1.165) is 0 Å². The summed E-state index contributed by atoms with van der Waals surface area (Å²) in [5, 5.41) is 2.85. The average Bonchev–Trinajstić information content (AvgIpc) is 2.76. The number of hydrogen-bond donors (Lipinski definition) is 2. The van der Waals surface area contributed by atoms with E-state index in [1.807, 2.05) is 13.8 Å². The monoisotopic (exact) mass is 228 g/mol. The summed E-state index contributed by atoms with van der Waals surface area (Å²) in [5.74, 6) is 0.00465. The average molecular weight is 228 g/mol. The normalized spacial score (nSPS) is 17.7. The van der Waals surface area contributed by atoms with E-state index < -0.39 is 5.41 Å². The van der Waals surface area contributed by atoms with E-state index in [9.17, 15) is 4.79 Å². The molecule has 0 atom stereocenters. The molecule has 0 heterocycles. The fourth-order valence-corrected chi connectivity index (χ4v) is 1.78.